The lowest BCUT2D eigenvalue weighted by Crippen LogP contribution is -2.40. The van der Waals surface area contributed by atoms with Crippen molar-refractivity contribution >= 4 is 29.9 Å². The molecule has 0 aromatic heterocycles. The van der Waals surface area contributed by atoms with Gasteiger partial charge in [-0.15, -0.1) is 24.0 Å². The standard InChI is InChI=1S/C17H24F3N3O2.HI/c1-21-16(23-10-15-3-2-8-25-15)22-9-13-4-6-14(7-5-13)11-24-12-17(18,19)20;/h4-7,15H,2-3,8-12H2,1H3,(H2,21,22,23);1H. The van der Waals surface area contributed by atoms with E-state index in [9.17, 15) is 13.2 Å². The Labute approximate surface area is 168 Å². The van der Waals surface area contributed by atoms with Gasteiger partial charge in [-0.2, -0.15) is 13.2 Å². The maximum absolute atomic E-state index is 12.0. The van der Waals surface area contributed by atoms with E-state index in [1.54, 1.807) is 19.2 Å². The van der Waals surface area contributed by atoms with Gasteiger partial charge in [0.25, 0.3) is 0 Å². The van der Waals surface area contributed by atoms with Crippen LogP contribution >= 0.6 is 24.0 Å². The lowest BCUT2D eigenvalue weighted by molar-refractivity contribution is -0.176. The Morgan fingerprint density at radius 3 is 2.50 bits per heavy atom. The van der Waals surface area contributed by atoms with Crippen molar-refractivity contribution in [1.82, 2.24) is 10.6 Å². The summed E-state index contributed by atoms with van der Waals surface area (Å²) in [5.41, 5.74) is 1.70. The van der Waals surface area contributed by atoms with Crippen LogP contribution in [-0.4, -0.2) is 45.0 Å². The molecule has 1 aliphatic heterocycles. The lowest BCUT2D eigenvalue weighted by atomic mass is 10.1. The van der Waals surface area contributed by atoms with Gasteiger partial charge >= 0.3 is 6.18 Å². The van der Waals surface area contributed by atoms with Crippen LogP contribution in [0.3, 0.4) is 0 Å². The molecule has 2 N–H and O–H groups in total. The third-order valence-electron chi connectivity index (χ3n) is 3.76. The van der Waals surface area contributed by atoms with Crippen LogP contribution in [0, 0.1) is 0 Å². The fourth-order valence-electron chi connectivity index (χ4n) is 2.46. The van der Waals surface area contributed by atoms with Gasteiger partial charge in [0, 0.05) is 26.7 Å². The van der Waals surface area contributed by atoms with E-state index in [4.69, 9.17) is 4.74 Å². The molecule has 5 nitrogen and oxygen atoms in total. The van der Waals surface area contributed by atoms with Crippen molar-refractivity contribution in [2.45, 2.75) is 38.3 Å². The highest BCUT2D eigenvalue weighted by Gasteiger charge is 2.27. The number of ether oxygens (including phenoxy) is 2. The van der Waals surface area contributed by atoms with Gasteiger partial charge in [-0.25, -0.2) is 0 Å². The van der Waals surface area contributed by atoms with Gasteiger partial charge in [-0.3, -0.25) is 4.99 Å². The van der Waals surface area contributed by atoms with Crippen molar-refractivity contribution in [3.63, 3.8) is 0 Å². The molecule has 1 fully saturated rings. The topological polar surface area (TPSA) is 54.9 Å². The lowest BCUT2D eigenvalue weighted by Gasteiger charge is -2.15. The number of hydrogen-bond acceptors (Lipinski definition) is 3. The Hall–Kier alpha value is -1.07. The van der Waals surface area contributed by atoms with Gasteiger partial charge in [-0.05, 0) is 24.0 Å². The summed E-state index contributed by atoms with van der Waals surface area (Å²) in [7, 11) is 1.70. The van der Waals surface area contributed by atoms with Crippen molar-refractivity contribution in [2.24, 2.45) is 4.99 Å². The minimum absolute atomic E-state index is 0. The molecule has 0 spiro atoms. The number of aliphatic imine (C=N–C) groups is 1. The molecule has 1 heterocycles. The number of halogens is 4. The monoisotopic (exact) mass is 487 g/mol. The van der Waals surface area contributed by atoms with Crippen LogP contribution in [0.25, 0.3) is 0 Å². The molecule has 1 saturated heterocycles. The minimum atomic E-state index is -4.30. The highest BCUT2D eigenvalue weighted by Crippen LogP contribution is 2.16. The normalized spacial score (nSPS) is 17.7. The van der Waals surface area contributed by atoms with Crippen LogP contribution in [0.15, 0.2) is 29.3 Å². The van der Waals surface area contributed by atoms with E-state index in [1.165, 1.54) is 0 Å². The van der Waals surface area contributed by atoms with Crippen LogP contribution in [0.4, 0.5) is 13.2 Å². The van der Waals surface area contributed by atoms with E-state index < -0.39 is 12.8 Å². The third-order valence-corrected chi connectivity index (χ3v) is 3.76. The number of alkyl halides is 3. The average Bonchev–Trinajstić information content (AvgIpc) is 3.08. The number of rotatable bonds is 7. The Morgan fingerprint density at radius 2 is 1.92 bits per heavy atom. The van der Waals surface area contributed by atoms with Crippen molar-refractivity contribution in [2.75, 3.05) is 26.8 Å². The van der Waals surface area contributed by atoms with Gasteiger partial charge < -0.3 is 20.1 Å². The summed E-state index contributed by atoms with van der Waals surface area (Å²) < 4.78 is 46.3. The van der Waals surface area contributed by atoms with E-state index in [1.807, 2.05) is 12.1 Å². The molecule has 1 aliphatic rings. The number of nitrogens with zero attached hydrogens (tertiary/aromatic N) is 1. The number of guanidine groups is 1. The maximum atomic E-state index is 12.0. The van der Waals surface area contributed by atoms with Crippen LogP contribution in [0.1, 0.15) is 24.0 Å². The summed E-state index contributed by atoms with van der Waals surface area (Å²) >= 11 is 0. The number of benzene rings is 1. The summed E-state index contributed by atoms with van der Waals surface area (Å²) in [5.74, 6) is 0.688. The van der Waals surface area contributed by atoms with Gasteiger partial charge in [0.2, 0.25) is 0 Å². The fourth-order valence-corrected chi connectivity index (χ4v) is 2.46. The van der Waals surface area contributed by atoms with Crippen LogP contribution < -0.4 is 10.6 Å². The Kier molecular flexibility index (Phi) is 10.3. The molecule has 1 unspecified atom stereocenters. The molecule has 2 rings (SSSR count). The van der Waals surface area contributed by atoms with Crippen molar-refractivity contribution < 1.29 is 22.6 Å². The van der Waals surface area contributed by atoms with Crippen molar-refractivity contribution in [1.29, 1.82) is 0 Å². The van der Waals surface area contributed by atoms with Crippen LogP contribution in [0.2, 0.25) is 0 Å². The SMILES string of the molecule is CN=C(NCc1ccc(COCC(F)(F)F)cc1)NCC1CCCO1.I. The molecule has 0 bridgehead atoms. The second kappa shape index (κ2) is 11.6. The maximum Gasteiger partial charge on any atom is 0.411 e. The quantitative estimate of drug-likeness (QED) is 0.353. The first-order valence-corrected chi connectivity index (χ1v) is 8.25. The summed E-state index contributed by atoms with van der Waals surface area (Å²) in [6.45, 7) is 0.808. The van der Waals surface area contributed by atoms with E-state index in [2.05, 4.69) is 20.4 Å². The minimum Gasteiger partial charge on any atom is -0.376 e. The molecule has 0 saturated carbocycles. The smallest absolute Gasteiger partial charge is 0.376 e. The zero-order valence-corrected chi connectivity index (χ0v) is 17.0. The third kappa shape index (κ3) is 9.04. The summed E-state index contributed by atoms with van der Waals surface area (Å²) in [6, 6.07) is 7.23. The second-order valence-corrected chi connectivity index (χ2v) is 5.87. The van der Waals surface area contributed by atoms with Gasteiger partial charge in [-0.1, -0.05) is 24.3 Å². The van der Waals surface area contributed by atoms with Gasteiger partial charge in [0.15, 0.2) is 5.96 Å². The Bertz CT molecular complexity index is 547. The Morgan fingerprint density at radius 1 is 1.23 bits per heavy atom. The van der Waals surface area contributed by atoms with Crippen molar-refractivity contribution in [3.05, 3.63) is 35.4 Å². The van der Waals surface area contributed by atoms with Crippen LogP contribution in [0.5, 0.6) is 0 Å². The number of hydrogen-bond donors (Lipinski definition) is 2. The molecular formula is C17H25F3IN3O2. The Balaban J connectivity index is 0.00000338. The average molecular weight is 487 g/mol. The highest BCUT2D eigenvalue weighted by molar-refractivity contribution is 14.0. The summed E-state index contributed by atoms with van der Waals surface area (Å²) in [5, 5.41) is 6.42. The summed E-state index contributed by atoms with van der Waals surface area (Å²) in [6.07, 6.45) is -1.91. The molecule has 1 aromatic carbocycles. The number of nitrogens with one attached hydrogen (secondary N) is 2. The van der Waals surface area contributed by atoms with E-state index >= 15 is 0 Å². The predicted octanol–water partition coefficient (Wildman–Crippen LogP) is 3.23. The zero-order valence-electron chi connectivity index (χ0n) is 14.6. The molecule has 1 atom stereocenters. The summed E-state index contributed by atoms with van der Waals surface area (Å²) in [4.78, 5) is 4.16. The first-order valence-electron chi connectivity index (χ1n) is 8.25. The molecule has 148 valence electrons. The second-order valence-electron chi connectivity index (χ2n) is 5.87. The van der Waals surface area contributed by atoms with E-state index in [0.29, 0.717) is 18.1 Å². The van der Waals surface area contributed by atoms with Gasteiger partial charge in [0.1, 0.15) is 6.61 Å². The molecule has 0 aliphatic carbocycles. The van der Waals surface area contributed by atoms with E-state index in [-0.39, 0.29) is 36.7 Å². The molecular weight excluding hydrogens is 462 g/mol. The molecule has 9 heteroatoms. The molecule has 1 aromatic rings. The first-order chi connectivity index (χ1) is 12.0. The van der Waals surface area contributed by atoms with Crippen LogP contribution in [-0.2, 0) is 22.6 Å². The largest absolute Gasteiger partial charge is 0.411 e. The van der Waals surface area contributed by atoms with Crippen molar-refractivity contribution in [3.8, 4) is 0 Å². The fraction of sp³-hybridized carbons (Fsp3) is 0.588. The highest BCUT2D eigenvalue weighted by atomic mass is 127. The van der Waals surface area contributed by atoms with E-state index in [0.717, 1.165) is 31.6 Å². The molecule has 0 radical (unpaired) electrons. The molecule has 26 heavy (non-hydrogen) atoms. The molecule has 0 amide bonds. The predicted molar refractivity (Wildman–Crippen MR) is 105 cm³/mol. The van der Waals surface area contributed by atoms with Gasteiger partial charge in [0.05, 0.1) is 12.7 Å². The zero-order chi connectivity index (χ0) is 18.1. The first kappa shape index (κ1) is 23.0.